The van der Waals surface area contributed by atoms with Gasteiger partial charge in [0.25, 0.3) is 0 Å². The summed E-state index contributed by atoms with van der Waals surface area (Å²) in [4.78, 5) is 0. The zero-order valence-electron chi connectivity index (χ0n) is 9.25. The fourth-order valence-electron chi connectivity index (χ4n) is 1.46. The third kappa shape index (κ3) is 2.35. The minimum Gasteiger partial charge on any atom is -0.0985 e. The lowest BCUT2D eigenvalue weighted by Gasteiger charge is -2.07. The molecule has 0 aliphatic heterocycles. The summed E-state index contributed by atoms with van der Waals surface area (Å²) in [6.45, 7) is 10.2. The van der Waals surface area contributed by atoms with Crippen molar-refractivity contribution in [1.29, 1.82) is 0 Å². The van der Waals surface area contributed by atoms with Gasteiger partial charge in [-0.3, -0.25) is 0 Å². The van der Waals surface area contributed by atoms with Crippen LogP contribution in [0.1, 0.15) is 37.8 Å². The Labute approximate surface area is 87.0 Å². The molecule has 1 aromatic carbocycles. The van der Waals surface area contributed by atoms with E-state index in [1.165, 1.54) is 16.7 Å². The van der Waals surface area contributed by atoms with E-state index in [-0.39, 0.29) is 0 Å². The van der Waals surface area contributed by atoms with Crippen molar-refractivity contribution in [3.8, 4) is 0 Å². The van der Waals surface area contributed by atoms with Crippen LogP contribution in [-0.2, 0) is 0 Å². The molecular weight excluding hydrogens is 168 g/mol. The van der Waals surface area contributed by atoms with Crippen molar-refractivity contribution in [2.45, 2.75) is 26.7 Å². The van der Waals surface area contributed by atoms with E-state index in [4.69, 9.17) is 0 Å². The molecule has 14 heavy (non-hydrogen) atoms. The highest BCUT2D eigenvalue weighted by Crippen LogP contribution is 2.19. The minimum atomic E-state index is 0.599. The Morgan fingerprint density at radius 3 is 2.14 bits per heavy atom. The van der Waals surface area contributed by atoms with Crippen LogP contribution in [0.25, 0.3) is 5.57 Å². The fourth-order valence-corrected chi connectivity index (χ4v) is 1.46. The first kappa shape index (κ1) is 10.8. The lowest BCUT2D eigenvalue weighted by atomic mass is 9.99. The van der Waals surface area contributed by atoms with E-state index in [2.05, 4.69) is 50.8 Å². The number of hydrogen-bond donors (Lipinski definition) is 0. The summed E-state index contributed by atoms with van der Waals surface area (Å²) < 4.78 is 0. The molecule has 0 aliphatic carbocycles. The molecule has 0 fully saturated rings. The summed E-state index contributed by atoms with van der Waals surface area (Å²) in [5.41, 5.74) is 3.82. The van der Waals surface area contributed by atoms with Crippen LogP contribution in [0.3, 0.4) is 0 Å². The quantitative estimate of drug-likeness (QED) is 0.614. The highest BCUT2D eigenvalue weighted by atomic mass is 14.0. The smallest absolute Gasteiger partial charge is 0.0187 e. The van der Waals surface area contributed by atoms with Gasteiger partial charge in [-0.05, 0) is 29.5 Å². The molecule has 0 saturated heterocycles. The molecule has 0 aromatic heterocycles. The van der Waals surface area contributed by atoms with Gasteiger partial charge in [0.15, 0.2) is 0 Å². The van der Waals surface area contributed by atoms with Crippen LogP contribution in [-0.4, -0.2) is 0 Å². The molecule has 0 heterocycles. The van der Waals surface area contributed by atoms with E-state index in [1.807, 2.05) is 13.0 Å². The maximum atomic E-state index is 3.80. The molecule has 0 aliphatic rings. The van der Waals surface area contributed by atoms with E-state index in [0.717, 1.165) is 0 Å². The normalized spacial score (nSPS) is 11.9. The Kier molecular flexibility index (Phi) is 3.70. The summed E-state index contributed by atoms with van der Waals surface area (Å²) in [5.74, 6) is 0.599. The van der Waals surface area contributed by atoms with Gasteiger partial charge in [0, 0.05) is 0 Å². The number of rotatable bonds is 3. The van der Waals surface area contributed by atoms with Gasteiger partial charge in [-0.15, -0.1) is 0 Å². The summed E-state index contributed by atoms with van der Waals surface area (Å²) in [6, 6.07) is 8.69. The molecule has 0 nitrogen and oxygen atoms in total. The van der Waals surface area contributed by atoms with Crippen molar-refractivity contribution < 1.29 is 0 Å². The van der Waals surface area contributed by atoms with Crippen molar-refractivity contribution in [1.82, 2.24) is 0 Å². The average molecular weight is 186 g/mol. The molecule has 0 bridgehead atoms. The minimum absolute atomic E-state index is 0.599. The lowest BCUT2D eigenvalue weighted by Crippen LogP contribution is -1.87. The molecule has 1 rings (SSSR count). The van der Waals surface area contributed by atoms with Crippen LogP contribution in [0.15, 0.2) is 43.0 Å². The topological polar surface area (TPSA) is 0 Å². The molecule has 0 amide bonds. The maximum Gasteiger partial charge on any atom is -0.0187 e. The van der Waals surface area contributed by atoms with Crippen molar-refractivity contribution in [2.24, 2.45) is 0 Å². The average Bonchev–Trinajstić information content (AvgIpc) is 2.20. The Morgan fingerprint density at radius 2 is 1.79 bits per heavy atom. The van der Waals surface area contributed by atoms with Gasteiger partial charge in [-0.1, -0.05) is 56.8 Å². The first-order valence-electron chi connectivity index (χ1n) is 5.08. The Morgan fingerprint density at radius 1 is 1.21 bits per heavy atom. The van der Waals surface area contributed by atoms with Gasteiger partial charge in [-0.25, -0.2) is 0 Å². The standard InChI is InChI=1S/C14H18/c1-5-12(6-2)14-9-7-13(8-10-14)11(3)4/h5-11H,1H2,2-4H3/b12-6+. The molecule has 0 spiro atoms. The predicted molar refractivity (Wildman–Crippen MR) is 64.4 cm³/mol. The molecule has 0 N–H and O–H groups in total. The molecular formula is C14H18. The number of allylic oxidation sites excluding steroid dienone is 3. The number of hydrogen-bond acceptors (Lipinski definition) is 0. The van der Waals surface area contributed by atoms with E-state index in [9.17, 15) is 0 Å². The predicted octanol–water partition coefficient (Wildman–Crippen LogP) is 4.40. The second-order valence-electron chi connectivity index (χ2n) is 3.72. The largest absolute Gasteiger partial charge is 0.0985 e. The molecule has 0 saturated carbocycles. The van der Waals surface area contributed by atoms with Crippen molar-refractivity contribution in [3.63, 3.8) is 0 Å². The maximum absolute atomic E-state index is 3.80. The van der Waals surface area contributed by atoms with Gasteiger partial charge in [0.1, 0.15) is 0 Å². The zero-order chi connectivity index (χ0) is 10.6. The lowest BCUT2D eigenvalue weighted by molar-refractivity contribution is 0.866. The molecule has 74 valence electrons. The monoisotopic (exact) mass is 186 g/mol. The van der Waals surface area contributed by atoms with Crippen LogP contribution in [0.4, 0.5) is 0 Å². The third-order valence-corrected chi connectivity index (χ3v) is 2.44. The third-order valence-electron chi connectivity index (χ3n) is 2.44. The fraction of sp³-hybridized carbons (Fsp3) is 0.286. The van der Waals surface area contributed by atoms with E-state index in [1.54, 1.807) is 0 Å². The van der Waals surface area contributed by atoms with Gasteiger partial charge in [0.2, 0.25) is 0 Å². The van der Waals surface area contributed by atoms with Gasteiger partial charge in [0.05, 0.1) is 0 Å². The highest BCUT2D eigenvalue weighted by molar-refractivity contribution is 5.73. The first-order chi connectivity index (χ1) is 6.69. The SMILES string of the molecule is C=C/C(=C\C)c1ccc(C(C)C)cc1. The van der Waals surface area contributed by atoms with E-state index < -0.39 is 0 Å². The summed E-state index contributed by atoms with van der Waals surface area (Å²) in [7, 11) is 0. The molecule has 0 heteroatoms. The van der Waals surface area contributed by atoms with Gasteiger partial charge < -0.3 is 0 Å². The summed E-state index contributed by atoms with van der Waals surface area (Å²) >= 11 is 0. The van der Waals surface area contributed by atoms with Crippen LogP contribution in [0, 0.1) is 0 Å². The Balaban J connectivity index is 2.99. The summed E-state index contributed by atoms with van der Waals surface area (Å²) in [5, 5.41) is 0. The molecule has 0 atom stereocenters. The van der Waals surface area contributed by atoms with E-state index in [0.29, 0.717) is 5.92 Å². The summed E-state index contributed by atoms with van der Waals surface area (Å²) in [6.07, 6.45) is 3.97. The van der Waals surface area contributed by atoms with Crippen LogP contribution < -0.4 is 0 Å². The first-order valence-corrected chi connectivity index (χ1v) is 5.08. The Bertz CT molecular complexity index is 326. The van der Waals surface area contributed by atoms with E-state index >= 15 is 0 Å². The van der Waals surface area contributed by atoms with Crippen molar-refractivity contribution in [3.05, 3.63) is 54.1 Å². The molecule has 0 unspecified atom stereocenters. The number of benzene rings is 1. The van der Waals surface area contributed by atoms with Gasteiger partial charge >= 0.3 is 0 Å². The second kappa shape index (κ2) is 4.80. The van der Waals surface area contributed by atoms with Crippen molar-refractivity contribution in [2.75, 3.05) is 0 Å². The molecule has 1 aromatic rings. The van der Waals surface area contributed by atoms with Gasteiger partial charge in [-0.2, -0.15) is 0 Å². The zero-order valence-corrected chi connectivity index (χ0v) is 9.25. The second-order valence-corrected chi connectivity index (χ2v) is 3.72. The Hall–Kier alpha value is -1.30. The van der Waals surface area contributed by atoms with Crippen LogP contribution in [0.2, 0.25) is 0 Å². The van der Waals surface area contributed by atoms with Crippen LogP contribution >= 0.6 is 0 Å². The highest BCUT2D eigenvalue weighted by Gasteiger charge is 1.99. The molecule has 0 radical (unpaired) electrons. The van der Waals surface area contributed by atoms with Crippen LogP contribution in [0.5, 0.6) is 0 Å². The van der Waals surface area contributed by atoms with Crippen molar-refractivity contribution >= 4 is 5.57 Å².